The summed E-state index contributed by atoms with van der Waals surface area (Å²) in [5, 5.41) is 6.91. The Bertz CT molecular complexity index is 801. The van der Waals surface area contributed by atoms with Crippen molar-refractivity contribution in [3.8, 4) is 11.5 Å². The van der Waals surface area contributed by atoms with Gasteiger partial charge in [0.05, 0.1) is 25.9 Å². The van der Waals surface area contributed by atoms with E-state index < -0.39 is 0 Å². The Balaban J connectivity index is 1.59. The highest BCUT2D eigenvalue weighted by atomic mass is 16.5. The number of benzene rings is 2. The Hall–Kier alpha value is -2.69. The second kappa shape index (κ2) is 6.07. The van der Waals surface area contributed by atoms with Gasteiger partial charge in [-0.1, -0.05) is 24.3 Å². The van der Waals surface area contributed by atoms with Gasteiger partial charge in [0.15, 0.2) is 17.5 Å². The van der Waals surface area contributed by atoms with Crippen LogP contribution in [0, 0.1) is 0 Å². The molecule has 0 radical (unpaired) electrons. The van der Waals surface area contributed by atoms with Crippen LogP contribution in [0.5, 0.6) is 11.5 Å². The van der Waals surface area contributed by atoms with Gasteiger partial charge < -0.3 is 20.1 Å². The SMILES string of the molecule is COc1cc2c(cc1OC)N=C(NC1CCc3ccccc31)NC2. The van der Waals surface area contributed by atoms with Gasteiger partial charge in [0.25, 0.3) is 0 Å². The molecule has 2 N–H and O–H groups in total. The Morgan fingerprint density at radius 1 is 1.08 bits per heavy atom. The van der Waals surface area contributed by atoms with Crippen molar-refractivity contribution in [3.63, 3.8) is 0 Å². The summed E-state index contributed by atoms with van der Waals surface area (Å²) in [6.07, 6.45) is 2.21. The van der Waals surface area contributed by atoms with Gasteiger partial charge in [-0.15, -0.1) is 0 Å². The van der Waals surface area contributed by atoms with Gasteiger partial charge in [0.2, 0.25) is 0 Å². The molecule has 5 heteroatoms. The molecule has 124 valence electrons. The maximum absolute atomic E-state index is 5.38. The van der Waals surface area contributed by atoms with Gasteiger partial charge in [-0.25, -0.2) is 4.99 Å². The minimum Gasteiger partial charge on any atom is -0.493 e. The van der Waals surface area contributed by atoms with E-state index in [2.05, 4.69) is 34.9 Å². The van der Waals surface area contributed by atoms with Crippen molar-refractivity contribution < 1.29 is 9.47 Å². The average molecular weight is 323 g/mol. The molecule has 0 saturated carbocycles. The molecule has 24 heavy (non-hydrogen) atoms. The molecule has 1 atom stereocenters. The first-order chi connectivity index (χ1) is 11.8. The number of aryl methyl sites for hydroxylation is 1. The van der Waals surface area contributed by atoms with E-state index in [4.69, 9.17) is 14.5 Å². The molecule has 2 aromatic rings. The fourth-order valence-corrected chi connectivity index (χ4v) is 3.45. The first-order valence-corrected chi connectivity index (χ1v) is 8.20. The van der Waals surface area contributed by atoms with Gasteiger partial charge >= 0.3 is 0 Å². The molecular formula is C19H21N3O2. The molecule has 0 spiro atoms. The van der Waals surface area contributed by atoms with Gasteiger partial charge in [-0.3, -0.25) is 0 Å². The molecule has 2 aliphatic rings. The molecular weight excluding hydrogens is 302 g/mol. The maximum Gasteiger partial charge on any atom is 0.197 e. The van der Waals surface area contributed by atoms with Crippen LogP contribution in [0.3, 0.4) is 0 Å². The monoisotopic (exact) mass is 323 g/mol. The minimum absolute atomic E-state index is 0.314. The number of aliphatic imine (C=N–C) groups is 1. The number of guanidine groups is 1. The van der Waals surface area contributed by atoms with Crippen LogP contribution in [-0.2, 0) is 13.0 Å². The third kappa shape index (κ3) is 2.56. The van der Waals surface area contributed by atoms with Crippen LogP contribution >= 0.6 is 0 Å². The fourth-order valence-electron chi connectivity index (χ4n) is 3.45. The Labute approximate surface area is 141 Å². The van der Waals surface area contributed by atoms with Crippen molar-refractivity contribution in [2.75, 3.05) is 14.2 Å². The van der Waals surface area contributed by atoms with E-state index in [-0.39, 0.29) is 0 Å². The number of hydrogen-bond donors (Lipinski definition) is 2. The molecule has 0 bridgehead atoms. The van der Waals surface area contributed by atoms with E-state index >= 15 is 0 Å². The lowest BCUT2D eigenvalue weighted by Crippen LogP contribution is -2.40. The first kappa shape index (κ1) is 14.9. The van der Waals surface area contributed by atoms with Crippen LogP contribution in [0.25, 0.3) is 0 Å². The first-order valence-electron chi connectivity index (χ1n) is 8.20. The van der Waals surface area contributed by atoms with Crippen molar-refractivity contribution in [3.05, 3.63) is 53.1 Å². The zero-order chi connectivity index (χ0) is 16.5. The molecule has 1 aliphatic carbocycles. The number of nitrogens with one attached hydrogen (secondary N) is 2. The molecule has 4 rings (SSSR count). The van der Waals surface area contributed by atoms with E-state index in [1.165, 1.54) is 11.1 Å². The normalized spacial score (nSPS) is 18.1. The summed E-state index contributed by atoms with van der Waals surface area (Å²) in [6.45, 7) is 0.718. The van der Waals surface area contributed by atoms with Gasteiger partial charge in [-0.05, 0) is 30.0 Å². The minimum atomic E-state index is 0.314. The molecule has 1 heterocycles. The zero-order valence-electron chi connectivity index (χ0n) is 13.9. The maximum atomic E-state index is 5.38. The summed E-state index contributed by atoms with van der Waals surface area (Å²) < 4.78 is 10.7. The van der Waals surface area contributed by atoms with Crippen molar-refractivity contribution in [1.82, 2.24) is 10.6 Å². The molecule has 1 unspecified atom stereocenters. The number of rotatable bonds is 3. The van der Waals surface area contributed by atoms with Crippen molar-refractivity contribution in [2.24, 2.45) is 4.99 Å². The summed E-state index contributed by atoms with van der Waals surface area (Å²) in [6, 6.07) is 12.8. The second-order valence-electron chi connectivity index (χ2n) is 6.08. The van der Waals surface area contributed by atoms with Crippen LogP contribution in [-0.4, -0.2) is 20.2 Å². The third-order valence-corrected chi connectivity index (χ3v) is 4.71. The Morgan fingerprint density at radius 3 is 2.71 bits per heavy atom. The quantitative estimate of drug-likeness (QED) is 0.911. The highest BCUT2D eigenvalue weighted by molar-refractivity contribution is 5.86. The van der Waals surface area contributed by atoms with Gasteiger partial charge in [-0.2, -0.15) is 0 Å². The Kier molecular flexibility index (Phi) is 3.76. The largest absolute Gasteiger partial charge is 0.493 e. The molecule has 1 aliphatic heterocycles. The lowest BCUT2D eigenvalue weighted by Gasteiger charge is -2.23. The summed E-state index contributed by atoms with van der Waals surface area (Å²) >= 11 is 0. The number of nitrogens with zero attached hydrogens (tertiary/aromatic N) is 1. The highest BCUT2D eigenvalue weighted by Gasteiger charge is 2.24. The van der Waals surface area contributed by atoms with Crippen molar-refractivity contribution >= 4 is 11.6 Å². The summed E-state index contributed by atoms with van der Waals surface area (Å²) in [7, 11) is 3.29. The molecule has 0 amide bonds. The Morgan fingerprint density at radius 2 is 1.88 bits per heavy atom. The van der Waals surface area contributed by atoms with E-state index in [1.807, 2.05) is 12.1 Å². The summed E-state index contributed by atoms with van der Waals surface area (Å²) in [5.41, 5.74) is 4.82. The summed E-state index contributed by atoms with van der Waals surface area (Å²) in [4.78, 5) is 4.72. The summed E-state index contributed by atoms with van der Waals surface area (Å²) in [5.74, 6) is 2.25. The third-order valence-electron chi connectivity index (χ3n) is 4.71. The van der Waals surface area contributed by atoms with E-state index in [0.29, 0.717) is 11.8 Å². The average Bonchev–Trinajstić information content (AvgIpc) is 3.03. The van der Waals surface area contributed by atoms with Crippen LogP contribution in [0.2, 0.25) is 0 Å². The predicted octanol–water partition coefficient (Wildman–Crippen LogP) is 3.07. The van der Waals surface area contributed by atoms with Crippen molar-refractivity contribution in [1.29, 1.82) is 0 Å². The van der Waals surface area contributed by atoms with Crippen LogP contribution < -0.4 is 20.1 Å². The van der Waals surface area contributed by atoms with E-state index in [1.54, 1.807) is 14.2 Å². The van der Waals surface area contributed by atoms with Gasteiger partial charge in [0.1, 0.15) is 0 Å². The van der Waals surface area contributed by atoms with Gasteiger partial charge in [0, 0.05) is 18.2 Å². The number of methoxy groups -OCH3 is 2. The van der Waals surface area contributed by atoms with E-state index in [9.17, 15) is 0 Å². The predicted molar refractivity (Wildman–Crippen MR) is 94.1 cm³/mol. The molecule has 0 saturated heterocycles. The number of ether oxygens (including phenoxy) is 2. The molecule has 5 nitrogen and oxygen atoms in total. The van der Waals surface area contributed by atoms with Crippen LogP contribution in [0.15, 0.2) is 41.4 Å². The smallest absolute Gasteiger partial charge is 0.197 e. The van der Waals surface area contributed by atoms with Crippen LogP contribution in [0.4, 0.5) is 5.69 Å². The molecule has 0 fully saturated rings. The topological polar surface area (TPSA) is 54.9 Å². The number of hydrogen-bond acceptors (Lipinski definition) is 5. The van der Waals surface area contributed by atoms with Crippen LogP contribution in [0.1, 0.15) is 29.2 Å². The lowest BCUT2D eigenvalue weighted by molar-refractivity contribution is 0.354. The standard InChI is InChI=1S/C19H21N3O2/c1-23-17-9-13-11-20-19(22-16(13)10-18(17)24-2)21-15-8-7-12-5-3-4-6-14(12)15/h3-6,9-10,15H,7-8,11H2,1-2H3,(H2,20,21,22). The zero-order valence-corrected chi connectivity index (χ0v) is 13.9. The fraction of sp³-hybridized carbons (Fsp3) is 0.316. The lowest BCUT2D eigenvalue weighted by atomic mass is 10.1. The second-order valence-corrected chi connectivity index (χ2v) is 6.08. The molecule has 0 aromatic heterocycles. The number of fused-ring (bicyclic) bond motifs is 2. The highest BCUT2D eigenvalue weighted by Crippen LogP contribution is 2.36. The van der Waals surface area contributed by atoms with E-state index in [0.717, 1.165) is 42.3 Å². The molecule has 2 aromatic carbocycles. The van der Waals surface area contributed by atoms with Crippen molar-refractivity contribution in [2.45, 2.75) is 25.4 Å².